The summed E-state index contributed by atoms with van der Waals surface area (Å²) in [5.74, 6) is 0.684. The Hall–Kier alpha value is -2.21. The molecule has 2 aromatic heterocycles. The quantitative estimate of drug-likeness (QED) is 0.888. The molecule has 0 spiro atoms. The summed E-state index contributed by atoms with van der Waals surface area (Å²) >= 11 is 0. The largest absolute Gasteiger partial charge is 0.335 e. The maximum atomic E-state index is 13.2. The van der Waals surface area contributed by atoms with Gasteiger partial charge < -0.3 is 4.90 Å². The Morgan fingerprint density at radius 1 is 1.21 bits per heavy atom. The van der Waals surface area contributed by atoms with Crippen LogP contribution in [-0.2, 0) is 19.4 Å². The normalized spacial score (nSPS) is 20.8. The molecule has 3 heterocycles. The van der Waals surface area contributed by atoms with Crippen molar-refractivity contribution in [2.75, 3.05) is 26.2 Å². The van der Waals surface area contributed by atoms with E-state index in [2.05, 4.69) is 46.9 Å². The Morgan fingerprint density at radius 3 is 2.68 bits per heavy atom. The number of carbonyl (C=O) groups excluding carboxylic acids is 1. The van der Waals surface area contributed by atoms with Crippen LogP contribution >= 0.6 is 0 Å². The molecule has 1 N–H and O–H groups in total. The lowest BCUT2D eigenvalue weighted by Gasteiger charge is -2.35. The highest BCUT2D eigenvalue weighted by Crippen LogP contribution is 2.37. The van der Waals surface area contributed by atoms with Gasteiger partial charge in [-0.1, -0.05) is 26.8 Å². The van der Waals surface area contributed by atoms with Crippen LogP contribution in [0.25, 0.3) is 0 Å². The van der Waals surface area contributed by atoms with E-state index >= 15 is 0 Å². The number of piperazine rings is 1. The van der Waals surface area contributed by atoms with Gasteiger partial charge in [0.15, 0.2) is 5.69 Å². The number of pyridine rings is 1. The van der Waals surface area contributed by atoms with Gasteiger partial charge in [0.25, 0.3) is 5.91 Å². The number of aryl methyl sites for hydroxylation is 1. The van der Waals surface area contributed by atoms with Gasteiger partial charge in [-0.05, 0) is 42.7 Å². The molecule has 1 fully saturated rings. The van der Waals surface area contributed by atoms with E-state index in [9.17, 15) is 4.79 Å². The Bertz CT molecular complexity index is 815. The van der Waals surface area contributed by atoms with E-state index in [1.54, 1.807) is 0 Å². The molecule has 6 nitrogen and oxygen atoms in total. The number of hydrogen-bond donors (Lipinski definition) is 1. The zero-order valence-electron chi connectivity index (χ0n) is 17.2. The lowest BCUT2D eigenvalue weighted by molar-refractivity contribution is 0.0619. The summed E-state index contributed by atoms with van der Waals surface area (Å²) in [6.07, 6.45) is 4.95. The fourth-order valence-electron chi connectivity index (χ4n) is 4.39. The molecule has 150 valence electrons. The summed E-state index contributed by atoms with van der Waals surface area (Å²) in [6, 6.07) is 6.02. The van der Waals surface area contributed by atoms with E-state index in [0.29, 0.717) is 11.6 Å². The molecule has 2 aromatic rings. The first-order valence-electron chi connectivity index (χ1n) is 10.4. The molecule has 1 saturated heterocycles. The smallest absolute Gasteiger partial charge is 0.274 e. The molecule has 0 saturated carbocycles. The van der Waals surface area contributed by atoms with Crippen LogP contribution in [0.2, 0.25) is 0 Å². The van der Waals surface area contributed by atoms with Crippen LogP contribution < -0.4 is 0 Å². The molecule has 0 aromatic carbocycles. The summed E-state index contributed by atoms with van der Waals surface area (Å²) in [7, 11) is 0. The van der Waals surface area contributed by atoms with E-state index in [4.69, 9.17) is 0 Å². The number of aromatic nitrogens is 3. The van der Waals surface area contributed by atoms with Crippen LogP contribution in [0.4, 0.5) is 0 Å². The predicted octanol–water partition coefficient (Wildman–Crippen LogP) is 2.91. The molecule has 2 aliphatic rings. The first-order valence-corrected chi connectivity index (χ1v) is 10.4. The van der Waals surface area contributed by atoms with Gasteiger partial charge in [0.05, 0.1) is 5.69 Å². The minimum absolute atomic E-state index is 0.0875. The Morgan fingerprint density at radius 2 is 2.00 bits per heavy atom. The van der Waals surface area contributed by atoms with E-state index < -0.39 is 0 Å². The van der Waals surface area contributed by atoms with Crippen LogP contribution in [0.1, 0.15) is 54.6 Å². The average molecular weight is 382 g/mol. The number of H-pyrrole nitrogens is 1. The van der Waals surface area contributed by atoms with Crippen molar-refractivity contribution in [3.8, 4) is 0 Å². The van der Waals surface area contributed by atoms with Gasteiger partial charge in [-0.25, -0.2) is 0 Å². The van der Waals surface area contributed by atoms with Crippen LogP contribution in [0, 0.1) is 11.3 Å². The summed E-state index contributed by atoms with van der Waals surface area (Å²) < 4.78 is 0. The number of nitrogens with one attached hydrogen (secondary N) is 1. The van der Waals surface area contributed by atoms with Crippen molar-refractivity contribution in [3.63, 3.8) is 0 Å². The lowest BCUT2D eigenvalue weighted by Crippen LogP contribution is -2.48. The minimum Gasteiger partial charge on any atom is -0.335 e. The van der Waals surface area contributed by atoms with Gasteiger partial charge in [0.1, 0.15) is 0 Å². The summed E-state index contributed by atoms with van der Waals surface area (Å²) in [4.78, 5) is 21.9. The maximum Gasteiger partial charge on any atom is 0.274 e. The second-order valence-electron chi connectivity index (χ2n) is 9.22. The number of fused-ring (bicyclic) bond motifs is 1. The molecule has 1 aliphatic heterocycles. The number of rotatable bonds is 3. The summed E-state index contributed by atoms with van der Waals surface area (Å²) in [5, 5.41) is 7.58. The van der Waals surface area contributed by atoms with Gasteiger partial charge >= 0.3 is 0 Å². The monoisotopic (exact) mass is 381 g/mol. The van der Waals surface area contributed by atoms with E-state index in [0.717, 1.165) is 62.5 Å². The van der Waals surface area contributed by atoms with Gasteiger partial charge in [-0.2, -0.15) is 5.10 Å². The van der Waals surface area contributed by atoms with Gasteiger partial charge in [-0.15, -0.1) is 0 Å². The highest BCUT2D eigenvalue weighted by Gasteiger charge is 2.34. The van der Waals surface area contributed by atoms with Crippen molar-refractivity contribution >= 4 is 5.91 Å². The Labute approximate surface area is 167 Å². The molecule has 4 rings (SSSR count). The van der Waals surface area contributed by atoms with Crippen LogP contribution in [0.15, 0.2) is 24.4 Å². The van der Waals surface area contributed by atoms with Crippen LogP contribution in [0.3, 0.4) is 0 Å². The molecule has 0 unspecified atom stereocenters. The highest BCUT2D eigenvalue weighted by atomic mass is 16.2. The van der Waals surface area contributed by atoms with Crippen LogP contribution in [-0.4, -0.2) is 57.1 Å². The lowest BCUT2D eigenvalue weighted by atomic mass is 9.71. The summed E-state index contributed by atoms with van der Waals surface area (Å²) in [5.41, 5.74) is 4.32. The third kappa shape index (κ3) is 3.97. The topological polar surface area (TPSA) is 65.1 Å². The third-order valence-electron chi connectivity index (χ3n) is 6.34. The molecular weight excluding hydrogens is 350 g/mol. The molecule has 1 amide bonds. The number of amides is 1. The van der Waals surface area contributed by atoms with E-state index in [-0.39, 0.29) is 11.3 Å². The van der Waals surface area contributed by atoms with Gasteiger partial charge in [0.2, 0.25) is 0 Å². The second-order valence-corrected chi connectivity index (χ2v) is 9.22. The molecule has 0 bridgehead atoms. The number of hydrogen-bond acceptors (Lipinski definition) is 4. The van der Waals surface area contributed by atoms with Crippen molar-refractivity contribution < 1.29 is 4.79 Å². The molecule has 1 atom stereocenters. The van der Waals surface area contributed by atoms with E-state index in [1.807, 2.05) is 23.2 Å². The zero-order valence-corrected chi connectivity index (χ0v) is 17.2. The maximum absolute atomic E-state index is 13.2. The van der Waals surface area contributed by atoms with E-state index in [1.165, 1.54) is 6.42 Å². The second kappa shape index (κ2) is 7.66. The molecule has 6 heteroatoms. The van der Waals surface area contributed by atoms with Crippen LogP contribution in [0.5, 0.6) is 0 Å². The fourth-order valence-corrected chi connectivity index (χ4v) is 4.39. The molecule has 0 radical (unpaired) electrons. The SMILES string of the molecule is CC(C)(C)[C@H]1CCc2[nH]nc(C(=O)N3CCN(Cc4ccccn4)CC3)c2C1. The Kier molecular flexibility index (Phi) is 5.23. The minimum atomic E-state index is 0.0875. The van der Waals surface area contributed by atoms with Crippen molar-refractivity contribution in [1.82, 2.24) is 25.0 Å². The number of carbonyl (C=O) groups is 1. The standard InChI is InChI=1S/C22H31N5O/c1-22(2,3)16-7-8-19-18(14-16)20(25-24-19)21(28)27-12-10-26(11-13-27)15-17-6-4-5-9-23-17/h4-6,9,16H,7-8,10-15H2,1-3H3,(H,24,25)/t16-/m0/s1. The fraction of sp³-hybridized carbons (Fsp3) is 0.591. The predicted molar refractivity (Wildman–Crippen MR) is 109 cm³/mol. The molecule has 28 heavy (non-hydrogen) atoms. The zero-order chi connectivity index (χ0) is 19.7. The average Bonchev–Trinajstić information content (AvgIpc) is 3.11. The van der Waals surface area contributed by atoms with Crippen molar-refractivity contribution in [2.24, 2.45) is 11.3 Å². The van der Waals surface area contributed by atoms with Gasteiger partial charge in [-0.3, -0.25) is 19.8 Å². The summed E-state index contributed by atoms with van der Waals surface area (Å²) in [6.45, 7) is 11.0. The van der Waals surface area contributed by atoms with Gasteiger partial charge in [0, 0.05) is 50.2 Å². The first kappa shape index (κ1) is 19.1. The first-order chi connectivity index (χ1) is 13.4. The number of nitrogens with zero attached hydrogens (tertiary/aromatic N) is 4. The third-order valence-corrected chi connectivity index (χ3v) is 6.34. The van der Waals surface area contributed by atoms with Crippen molar-refractivity contribution in [3.05, 3.63) is 47.0 Å². The highest BCUT2D eigenvalue weighted by molar-refractivity contribution is 5.94. The molecule has 1 aliphatic carbocycles. The van der Waals surface area contributed by atoms with Crippen molar-refractivity contribution in [2.45, 2.75) is 46.6 Å². The Balaban J connectivity index is 1.39. The number of aromatic amines is 1. The van der Waals surface area contributed by atoms with Crippen molar-refractivity contribution in [1.29, 1.82) is 0 Å². The molecular formula is C22H31N5O.